The monoisotopic (exact) mass is 336 g/mol. The highest BCUT2D eigenvalue weighted by atomic mass is 16.5. The van der Waals surface area contributed by atoms with Crippen molar-refractivity contribution >= 4 is 22.8 Å². The standard InChI is InChI=1S/C19H20N4O2/c1-25-15-7-4-13(5-8-15)14-6-9-16-17(10-14)22-23-18(16)21-19(24)20-11-12-2-3-12/h4-10,12H,2-3,11H2,1H3,(H3,20,21,22,23,24). The average molecular weight is 336 g/mol. The van der Waals surface area contributed by atoms with Crippen LogP contribution < -0.4 is 15.4 Å². The van der Waals surface area contributed by atoms with Crippen LogP contribution >= 0.6 is 0 Å². The molecule has 0 spiro atoms. The van der Waals surface area contributed by atoms with E-state index in [2.05, 4.69) is 20.8 Å². The molecule has 0 atom stereocenters. The fourth-order valence-corrected chi connectivity index (χ4v) is 2.79. The highest BCUT2D eigenvalue weighted by molar-refractivity contribution is 6.00. The Kier molecular flexibility index (Phi) is 4.01. The summed E-state index contributed by atoms with van der Waals surface area (Å²) in [5.74, 6) is 2.02. The lowest BCUT2D eigenvalue weighted by Crippen LogP contribution is -2.30. The third-order valence-electron chi connectivity index (χ3n) is 4.47. The summed E-state index contributed by atoms with van der Waals surface area (Å²) in [6, 6.07) is 13.7. The summed E-state index contributed by atoms with van der Waals surface area (Å²) in [5, 5.41) is 13.8. The van der Waals surface area contributed by atoms with E-state index in [-0.39, 0.29) is 6.03 Å². The van der Waals surface area contributed by atoms with Crippen LogP contribution in [0.1, 0.15) is 12.8 Å². The number of rotatable bonds is 5. The average Bonchev–Trinajstić information content (AvgIpc) is 3.40. The Morgan fingerprint density at radius 1 is 1.20 bits per heavy atom. The number of nitrogens with zero attached hydrogens (tertiary/aromatic N) is 1. The molecule has 128 valence electrons. The highest BCUT2D eigenvalue weighted by Gasteiger charge is 2.21. The van der Waals surface area contributed by atoms with Crippen molar-refractivity contribution in [3.8, 4) is 16.9 Å². The lowest BCUT2D eigenvalue weighted by molar-refractivity contribution is 0.251. The molecule has 6 heteroatoms. The predicted octanol–water partition coefficient (Wildman–Crippen LogP) is 3.77. The first-order valence-corrected chi connectivity index (χ1v) is 8.40. The Morgan fingerprint density at radius 2 is 1.96 bits per heavy atom. The molecule has 6 nitrogen and oxygen atoms in total. The van der Waals surface area contributed by atoms with E-state index in [0.717, 1.165) is 34.3 Å². The number of fused-ring (bicyclic) bond motifs is 1. The van der Waals surface area contributed by atoms with E-state index >= 15 is 0 Å². The number of anilines is 1. The minimum atomic E-state index is -0.209. The van der Waals surface area contributed by atoms with Crippen molar-refractivity contribution in [1.82, 2.24) is 15.5 Å². The maximum atomic E-state index is 11.9. The zero-order valence-corrected chi connectivity index (χ0v) is 14.0. The lowest BCUT2D eigenvalue weighted by Gasteiger charge is -2.06. The lowest BCUT2D eigenvalue weighted by atomic mass is 10.0. The number of hydrogen-bond acceptors (Lipinski definition) is 3. The maximum Gasteiger partial charge on any atom is 0.320 e. The zero-order valence-electron chi connectivity index (χ0n) is 14.0. The number of aromatic nitrogens is 2. The third kappa shape index (κ3) is 3.42. The van der Waals surface area contributed by atoms with Gasteiger partial charge in [-0.2, -0.15) is 5.10 Å². The molecule has 2 aromatic carbocycles. The van der Waals surface area contributed by atoms with Crippen molar-refractivity contribution in [2.75, 3.05) is 19.0 Å². The minimum Gasteiger partial charge on any atom is -0.497 e. The Labute approximate surface area is 145 Å². The highest BCUT2D eigenvalue weighted by Crippen LogP contribution is 2.29. The van der Waals surface area contributed by atoms with Gasteiger partial charge < -0.3 is 10.1 Å². The maximum absolute atomic E-state index is 11.9. The van der Waals surface area contributed by atoms with E-state index in [0.29, 0.717) is 11.7 Å². The van der Waals surface area contributed by atoms with Crippen molar-refractivity contribution in [2.45, 2.75) is 12.8 Å². The van der Waals surface area contributed by atoms with E-state index in [4.69, 9.17) is 4.74 Å². The van der Waals surface area contributed by atoms with Gasteiger partial charge in [0.25, 0.3) is 0 Å². The SMILES string of the molecule is COc1ccc(-c2ccc3c(NC(=O)NCC4CC4)n[nH]c3c2)cc1. The Bertz CT molecular complexity index is 897. The number of hydrogen-bond donors (Lipinski definition) is 3. The molecule has 0 aliphatic heterocycles. The summed E-state index contributed by atoms with van der Waals surface area (Å²) in [6.45, 7) is 0.732. The first kappa shape index (κ1) is 15.5. The van der Waals surface area contributed by atoms with Crippen LogP contribution in [-0.2, 0) is 0 Å². The third-order valence-corrected chi connectivity index (χ3v) is 4.47. The van der Waals surface area contributed by atoms with Crippen molar-refractivity contribution in [3.63, 3.8) is 0 Å². The van der Waals surface area contributed by atoms with Crippen LogP contribution in [0.3, 0.4) is 0 Å². The molecule has 1 saturated carbocycles. The van der Waals surface area contributed by atoms with Crippen LogP contribution in [0, 0.1) is 5.92 Å². The molecule has 0 unspecified atom stereocenters. The Morgan fingerprint density at radius 3 is 2.68 bits per heavy atom. The molecule has 25 heavy (non-hydrogen) atoms. The molecule has 0 saturated heterocycles. The molecule has 0 bridgehead atoms. The summed E-state index contributed by atoms with van der Waals surface area (Å²) in [4.78, 5) is 11.9. The van der Waals surface area contributed by atoms with Gasteiger partial charge in [0.1, 0.15) is 5.75 Å². The molecule has 3 aromatic rings. The predicted molar refractivity (Wildman–Crippen MR) is 97.8 cm³/mol. The molecular weight excluding hydrogens is 316 g/mol. The minimum absolute atomic E-state index is 0.209. The van der Waals surface area contributed by atoms with Crippen LogP contribution in [0.4, 0.5) is 10.6 Å². The summed E-state index contributed by atoms with van der Waals surface area (Å²) in [6.07, 6.45) is 2.42. The molecular formula is C19H20N4O2. The topological polar surface area (TPSA) is 79.0 Å². The van der Waals surface area contributed by atoms with E-state index < -0.39 is 0 Å². The molecule has 1 heterocycles. The van der Waals surface area contributed by atoms with Gasteiger partial charge in [0.05, 0.1) is 12.6 Å². The van der Waals surface area contributed by atoms with Gasteiger partial charge in [-0.3, -0.25) is 10.4 Å². The number of urea groups is 1. The zero-order chi connectivity index (χ0) is 17.2. The van der Waals surface area contributed by atoms with E-state index in [1.807, 2.05) is 42.5 Å². The second-order valence-corrected chi connectivity index (χ2v) is 6.34. The van der Waals surface area contributed by atoms with Gasteiger partial charge in [-0.05, 0) is 54.2 Å². The molecule has 4 rings (SSSR count). The number of amides is 2. The number of ether oxygens (including phenoxy) is 1. The van der Waals surface area contributed by atoms with Crippen LogP contribution in [0.25, 0.3) is 22.0 Å². The van der Waals surface area contributed by atoms with E-state index in [1.165, 1.54) is 12.8 Å². The second-order valence-electron chi connectivity index (χ2n) is 6.34. The van der Waals surface area contributed by atoms with Crippen LogP contribution in [0.15, 0.2) is 42.5 Å². The van der Waals surface area contributed by atoms with Crippen molar-refractivity contribution in [1.29, 1.82) is 0 Å². The molecule has 1 fully saturated rings. The summed E-state index contributed by atoms with van der Waals surface area (Å²) in [5.41, 5.74) is 3.04. The van der Waals surface area contributed by atoms with Crippen molar-refractivity contribution < 1.29 is 9.53 Å². The van der Waals surface area contributed by atoms with Crippen molar-refractivity contribution in [2.24, 2.45) is 5.92 Å². The van der Waals surface area contributed by atoms with E-state index in [1.54, 1.807) is 7.11 Å². The number of nitrogens with one attached hydrogen (secondary N) is 3. The molecule has 2 amide bonds. The first-order chi connectivity index (χ1) is 12.2. The van der Waals surface area contributed by atoms with Crippen LogP contribution in [-0.4, -0.2) is 29.9 Å². The number of methoxy groups -OCH3 is 1. The number of benzene rings is 2. The summed E-state index contributed by atoms with van der Waals surface area (Å²) in [7, 11) is 1.65. The quantitative estimate of drug-likeness (QED) is 0.663. The Balaban J connectivity index is 1.52. The molecule has 1 aliphatic rings. The van der Waals surface area contributed by atoms with Gasteiger partial charge >= 0.3 is 6.03 Å². The smallest absolute Gasteiger partial charge is 0.320 e. The van der Waals surface area contributed by atoms with E-state index in [9.17, 15) is 4.79 Å². The molecule has 1 aromatic heterocycles. The van der Waals surface area contributed by atoms with Gasteiger partial charge in [0.15, 0.2) is 5.82 Å². The largest absolute Gasteiger partial charge is 0.497 e. The van der Waals surface area contributed by atoms with Crippen LogP contribution in [0.5, 0.6) is 5.75 Å². The normalized spacial score (nSPS) is 13.6. The second kappa shape index (κ2) is 6.47. The van der Waals surface area contributed by atoms with Gasteiger partial charge in [-0.25, -0.2) is 4.79 Å². The van der Waals surface area contributed by atoms with Gasteiger partial charge in [-0.15, -0.1) is 0 Å². The summed E-state index contributed by atoms with van der Waals surface area (Å²) < 4.78 is 5.19. The van der Waals surface area contributed by atoms with Gasteiger partial charge in [-0.1, -0.05) is 18.2 Å². The number of carbonyl (C=O) groups excluding carboxylic acids is 1. The summed E-state index contributed by atoms with van der Waals surface area (Å²) >= 11 is 0. The molecule has 0 radical (unpaired) electrons. The fraction of sp³-hybridized carbons (Fsp3) is 0.263. The Hall–Kier alpha value is -3.02. The fourth-order valence-electron chi connectivity index (χ4n) is 2.79. The number of carbonyl (C=O) groups is 1. The van der Waals surface area contributed by atoms with Crippen LogP contribution in [0.2, 0.25) is 0 Å². The molecule has 3 N–H and O–H groups in total. The van der Waals surface area contributed by atoms with Gasteiger partial charge in [0.2, 0.25) is 0 Å². The van der Waals surface area contributed by atoms with Gasteiger partial charge in [0, 0.05) is 11.9 Å². The first-order valence-electron chi connectivity index (χ1n) is 8.40. The molecule has 1 aliphatic carbocycles. The number of H-pyrrole nitrogens is 1. The van der Waals surface area contributed by atoms with Crippen molar-refractivity contribution in [3.05, 3.63) is 42.5 Å². The number of aromatic amines is 1.